The molecule has 5 nitrogen and oxygen atoms in total. The summed E-state index contributed by atoms with van der Waals surface area (Å²) in [6.45, 7) is 5.42. The average molecular weight is 269 g/mol. The molecule has 0 amide bonds. The standard InChI is InChI=1S/C12H17ClN4O/c1-8(2)4-5-18-7-10-15-11(13)9-6-14-17(3)12(9)16-10/h6,8H,4-5,7H2,1-3H3. The van der Waals surface area contributed by atoms with Gasteiger partial charge in [0.05, 0.1) is 11.6 Å². The summed E-state index contributed by atoms with van der Waals surface area (Å²) in [5, 5.41) is 5.30. The van der Waals surface area contributed by atoms with Crippen molar-refractivity contribution in [2.75, 3.05) is 6.61 Å². The van der Waals surface area contributed by atoms with Crippen molar-refractivity contribution in [3.8, 4) is 0 Å². The van der Waals surface area contributed by atoms with Gasteiger partial charge in [-0.1, -0.05) is 25.4 Å². The normalized spacial score (nSPS) is 11.6. The highest BCUT2D eigenvalue weighted by Crippen LogP contribution is 2.19. The third-order valence-corrected chi connectivity index (χ3v) is 2.95. The third kappa shape index (κ3) is 2.97. The minimum atomic E-state index is 0.383. The quantitative estimate of drug-likeness (QED) is 0.618. The van der Waals surface area contributed by atoms with E-state index in [4.69, 9.17) is 16.3 Å². The van der Waals surface area contributed by atoms with Crippen molar-refractivity contribution in [1.29, 1.82) is 0 Å². The molecule has 18 heavy (non-hydrogen) atoms. The minimum absolute atomic E-state index is 0.383. The zero-order chi connectivity index (χ0) is 13.1. The monoisotopic (exact) mass is 268 g/mol. The summed E-state index contributed by atoms with van der Waals surface area (Å²) in [4.78, 5) is 8.60. The lowest BCUT2D eigenvalue weighted by atomic mass is 10.1. The molecule has 0 aromatic carbocycles. The Morgan fingerprint density at radius 1 is 1.39 bits per heavy atom. The molecule has 0 spiro atoms. The van der Waals surface area contributed by atoms with Crippen molar-refractivity contribution in [2.45, 2.75) is 26.9 Å². The molecular formula is C12H17ClN4O. The molecule has 6 heteroatoms. The van der Waals surface area contributed by atoms with E-state index in [-0.39, 0.29) is 0 Å². The van der Waals surface area contributed by atoms with Crippen molar-refractivity contribution < 1.29 is 4.74 Å². The van der Waals surface area contributed by atoms with Crippen molar-refractivity contribution in [1.82, 2.24) is 19.7 Å². The zero-order valence-electron chi connectivity index (χ0n) is 10.9. The van der Waals surface area contributed by atoms with Crippen LogP contribution in [0.1, 0.15) is 26.1 Å². The van der Waals surface area contributed by atoms with Gasteiger partial charge >= 0.3 is 0 Å². The second-order valence-corrected chi connectivity index (χ2v) is 5.03. The summed E-state index contributed by atoms with van der Waals surface area (Å²) in [5.41, 5.74) is 0.734. The van der Waals surface area contributed by atoms with E-state index in [1.54, 1.807) is 10.9 Å². The molecule has 0 unspecified atom stereocenters. The number of ether oxygens (including phenoxy) is 1. The Morgan fingerprint density at radius 3 is 2.89 bits per heavy atom. The number of halogens is 1. The van der Waals surface area contributed by atoms with Crippen LogP contribution in [0.4, 0.5) is 0 Å². The molecule has 0 aliphatic carbocycles. The molecule has 2 rings (SSSR count). The van der Waals surface area contributed by atoms with Crippen molar-refractivity contribution >= 4 is 22.6 Å². The second kappa shape index (κ2) is 5.63. The van der Waals surface area contributed by atoms with Gasteiger partial charge in [-0.2, -0.15) is 5.10 Å². The van der Waals surface area contributed by atoms with Gasteiger partial charge in [-0.05, 0) is 12.3 Å². The zero-order valence-corrected chi connectivity index (χ0v) is 11.6. The maximum atomic E-state index is 6.08. The van der Waals surface area contributed by atoms with Crippen LogP contribution in [-0.2, 0) is 18.4 Å². The highest BCUT2D eigenvalue weighted by Gasteiger charge is 2.09. The van der Waals surface area contributed by atoms with Crippen LogP contribution in [-0.4, -0.2) is 26.4 Å². The van der Waals surface area contributed by atoms with Crippen LogP contribution >= 0.6 is 11.6 Å². The molecule has 2 aromatic heterocycles. The maximum absolute atomic E-state index is 6.08. The minimum Gasteiger partial charge on any atom is -0.373 e. The number of hydrogen-bond acceptors (Lipinski definition) is 4. The fraction of sp³-hybridized carbons (Fsp3) is 0.583. The molecule has 0 radical (unpaired) electrons. The Labute approximate surface area is 111 Å². The Hall–Kier alpha value is -1.20. The number of aromatic nitrogens is 4. The van der Waals surface area contributed by atoms with Crippen LogP contribution < -0.4 is 0 Å². The average Bonchev–Trinajstić information content (AvgIpc) is 2.67. The summed E-state index contributed by atoms with van der Waals surface area (Å²) < 4.78 is 7.22. The highest BCUT2D eigenvalue weighted by molar-refractivity contribution is 6.33. The van der Waals surface area contributed by atoms with Gasteiger partial charge in [0.25, 0.3) is 0 Å². The van der Waals surface area contributed by atoms with E-state index in [1.807, 2.05) is 7.05 Å². The molecule has 0 aliphatic heterocycles. The first-order valence-electron chi connectivity index (χ1n) is 5.99. The third-order valence-electron chi connectivity index (χ3n) is 2.66. The topological polar surface area (TPSA) is 52.8 Å². The number of hydrogen-bond donors (Lipinski definition) is 0. The molecule has 2 aromatic rings. The van der Waals surface area contributed by atoms with E-state index in [0.29, 0.717) is 30.1 Å². The summed E-state index contributed by atoms with van der Waals surface area (Å²) in [6.07, 6.45) is 2.70. The summed E-state index contributed by atoms with van der Waals surface area (Å²) >= 11 is 6.08. The highest BCUT2D eigenvalue weighted by atomic mass is 35.5. The predicted octanol–water partition coefficient (Wildman–Crippen LogP) is 2.58. The van der Waals surface area contributed by atoms with Gasteiger partial charge in [-0.3, -0.25) is 4.68 Å². The van der Waals surface area contributed by atoms with Crippen molar-refractivity contribution in [2.24, 2.45) is 13.0 Å². The molecule has 0 atom stereocenters. The predicted molar refractivity (Wildman–Crippen MR) is 70.4 cm³/mol. The lowest BCUT2D eigenvalue weighted by Crippen LogP contribution is -2.04. The van der Waals surface area contributed by atoms with Crippen LogP contribution in [0.15, 0.2) is 6.20 Å². The molecule has 0 saturated carbocycles. The molecule has 0 N–H and O–H groups in total. The summed E-state index contributed by atoms with van der Waals surface area (Å²) in [7, 11) is 1.83. The molecule has 0 fully saturated rings. The first-order valence-corrected chi connectivity index (χ1v) is 6.37. The van der Waals surface area contributed by atoms with Crippen molar-refractivity contribution in [3.63, 3.8) is 0 Å². The molecule has 0 aliphatic rings. The van der Waals surface area contributed by atoms with Gasteiger partial charge in [0, 0.05) is 13.7 Å². The van der Waals surface area contributed by atoms with E-state index in [1.165, 1.54) is 0 Å². The Bertz CT molecular complexity index is 538. The SMILES string of the molecule is CC(C)CCOCc1nc(Cl)c2cnn(C)c2n1. The lowest BCUT2D eigenvalue weighted by molar-refractivity contribution is 0.106. The fourth-order valence-corrected chi connectivity index (χ4v) is 1.81. The number of nitrogens with zero attached hydrogens (tertiary/aromatic N) is 4. The molecule has 2 heterocycles. The maximum Gasteiger partial charge on any atom is 0.162 e. The van der Waals surface area contributed by atoms with Gasteiger partial charge in [0.1, 0.15) is 11.8 Å². The first-order chi connectivity index (χ1) is 8.58. The van der Waals surface area contributed by atoms with Gasteiger partial charge in [-0.25, -0.2) is 9.97 Å². The van der Waals surface area contributed by atoms with Crippen LogP contribution in [0.25, 0.3) is 11.0 Å². The van der Waals surface area contributed by atoms with Crippen LogP contribution in [0.5, 0.6) is 0 Å². The Kier molecular flexibility index (Phi) is 4.14. The van der Waals surface area contributed by atoms with Crippen LogP contribution in [0.3, 0.4) is 0 Å². The van der Waals surface area contributed by atoms with Gasteiger partial charge in [-0.15, -0.1) is 0 Å². The number of aryl methyl sites for hydroxylation is 1. The molecular weight excluding hydrogens is 252 g/mol. The van der Waals surface area contributed by atoms with E-state index >= 15 is 0 Å². The number of fused-ring (bicyclic) bond motifs is 1. The number of rotatable bonds is 5. The van der Waals surface area contributed by atoms with E-state index in [9.17, 15) is 0 Å². The fourth-order valence-electron chi connectivity index (χ4n) is 1.58. The van der Waals surface area contributed by atoms with E-state index in [0.717, 1.165) is 17.5 Å². The molecule has 98 valence electrons. The van der Waals surface area contributed by atoms with Crippen LogP contribution in [0, 0.1) is 5.92 Å². The van der Waals surface area contributed by atoms with Gasteiger partial charge in [0.15, 0.2) is 11.5 Å². The summed E-state index contributed by atoms with van der Waals surface area (Å²) in [6, 6.07) is 0. The Balaban J connectivity index is 2.07. The first kappa shape index (κ1) is 13.2. The molecule has 0 bridgehead atoms. The van der Waals surface area contributed by atoms with Gasteiger partial charge in [0.2, 0.25) is 0 Å². The van der Waals surface area contributed by atoms with Gasteiger partial charge < -0.3 is 4.74 Å². The second-order valence-electron chi connectivity index (χ2n) is 4.67. The summed E-state index contributed by atoms with van der Waals surface area (Å²) in [5.74, 6) is 1.23. The lowest BCUT2D eigenvalue weighted by Gasteiger charge is -2.06. The molecule has 0 saturated heterocycles. The Morgan fingerprint density at radius 2 is 2.17 bits per heavy atom. The largest absolute Gasteiger partial charge is 0.373 e. The van der Waals surface area contributed by atoms with Crippen molar-refractivity contribution in [3.05, 3.63) is 17.2 Å². The smallest absolute Gasteiger partial charge is 0.162 e. The van der Waals surface area contributed by atoms with E-state index < -0.39 is 0 Å². The van der Waals surface area contributed by atoms with E-state index in [2.05, 4.69) is 28.9 Å². The van der Waals surface area contributed by atoms with Crippen LogP contribution in [0.2, 0.25) is 5.15 Å².